The van der Waals surface area contributed by atoms with Crippen molar-refractivity contribution in [1.29, 1.82) is 0 Å². The van der Waals surface area contributed by atoms with E-state index in [1.165, 1.54) is 6.21 Å². The van der Waals surface area contributed by atoms with Crippen LogP contribution in [0.25, 0.3) is 0 Å². The molecule has 114 valence electrons. The molecule has 4 nitrogen and oxygen atoms in total. The molecular weight excluding hydrogens is 300 g/mol. The molecule has 2 aromatic carbocycles. The second-order valence-electron chi connectivity index (χ2n) is 4.81. The summed E-state index contributed by atoms with van der Waals surface area (Å²) in [6.07, 6.45) is 1.42. The summed E-state index contributed by atoms with van der Waals surface area (Å²) < 4.78 is 0. The molecule has 22 heavy (non-hydrogen) atoms. The van der Waals surface area contributed by atoms with Crippen LogP contribution in [0, 0.1) is 0 Å². The molecule has 0 fully saturated rings. The predicted octanol–water partition coefficient (Wildman–Crippen LogP) is 3.30. The first-order chi connectivity index (χ1) is 10.6. The van der Waals surface area contributed by atoms with Gasteiger partial charge in [0.05, 0.1) is 12.3 Å². The Balaban J connectivity index is 1.76. The van der Waals surface area contributed by atoms with Gasteiger partial charge in [0.15, 0.2) is 0 Å². The number of halogens is 1. The molecule has 0 heterocycles. The number of hydrogen-bond acceptors (Lipinski definition) is 3. The Morgan fingerprint density at radius 3 is 2.73 bits per heavy atom. The average Bonchev–Trinajstić information content (AvgIpc) is 2.53. The quantitative estimate of drug-likeness (QED) is 0.634. The van der Waals surface area contributed by atoms with Crippen LogP contribution in [0.15, 0.2) is 59.7 Å². The van der Waals surface area contributed by atoms with Crippen LogP contribution in [0.1, 0.15) is 30.1 Å². The predicted molar refractivity (Wildman–Crippen MR) is 87.8 cm³/mol. The van der Waals surface area contributed by atoms with E-state index in [4.69, 9.17) is 11.6 Å². The summed E-state index contributed by atoms with van der Waals surface area (Å²) in [5.41, 5.74) is 4.04. The van der Waals surface area contributed by atoms with Gasteiger partial charge in [-0.3, -0.25) is 4.79 Å². The second kappa shape index (κ2) is 8.32. The van der Waals surface area contributed by atoms with Crippen LogP contribution in [0.3, 0.4) is 0 Å². The highest BCUT2D eigenvalue weighted by molar-refractivity contribution is 6.30. The number of rotatable bonds is 6. The first kappa shape index (κ1) is 16.2. The Morgan fingerprint density at radius 2 is 2.00 bits per heavy atom. The SMILES string of the molecule is O=C(CC[C@H](O)c1ccccc1)N/N=C\c1cccc(Cl)c1. The van der Waals surface area contributed by atoms with E-state index in [2.05, 4.69) is 10.5 Å². The molecule has 0 unspecified atom stereocenters. The molecule has 2 aromatic rings. The number of carbonyl (C=O) groups is 1. The molecule has 0 aromatic heterocycles. The molecule has 5 heteroatoms. The zero-order chi connectivity index (χ0) is 15.8. The number of amides is 1. The van der Waals surface area contributed by atoms with Crippen molar-refractivity contribution < 1.29 is 9.90 Å². The third-order valence-electron chi connectivity index (χ3n) is 3.08. The van der Waals surface area contributed by atoms with Crippen molar-refractivity contribution in [3.05, 3.63) is 70.7 Å². The summed E-state index contributed by atoms with van der Waals surface area (Å²) in [4.78, 5) is 11.7. The van der Waals surface area contributed by atoms with Gasteiger partial charge >= 0.3 is 0 Å². The molecule has 0 radical (unpaired) electrons. The van der Waals surface area contributed by atoms with Crippen molar-refractivity contribution >= 4 is 23.7 Å². The van der Waals surface area contributed by atoms with E-state index in [9.17, 15) is 9.90 Å². The molecule has 2 rings (SSSR count). The molecule has 0 saturated heterocycles. The van der Waals surface area contributed by atoms with E-state index in [0.717, 1.165) is 11.1 Å². The fraction of sp³-hybridized carbons (Fsp3) is 0.176. The number of benzene rings is 2. The van der Waals surface area contributed by atoms with Crippen LogP contribution in [0.5, 0.6) is 0 Å². The molecule has 0 spiro atoms. The average molecular weight is 317 g/mol. The lowest BCUT2D eigenvalue weighted by Gasteiger charge is -2.09. The number of nitrogens with one attached hydrogen (secondary N) is 1. The smallest absolute Gasteiger partial charge is 0.240 e. The zero-order valence-electron chi connectivity index (χ0n) is 11.9. The first-order valence-electron chi connectivity index (χ1n) is 6.95. The van der Waals surface area contributed by atoms with E-state index in [-0.39, 0.29) is 12.3 Å². The molecule has 0 bridgehead atoms. The lowest BCUT2D eigenvalue weighted by molar-refractivity contribution is -0.121. The highest BCUT2D eigenvalue weighted by Crippen LogP contribution is 2.17. The van der Waals surface area contributed by atoms with E-state index in [1.54, 1.807) is 12.1 Å². The molecule has 0 aliphatic heterocycles. The van der Waals surface area contributed by atoms with Crippen LogP contribution in [-0.4, -0.2) is 17.2 Å². The third kappa shape index (κ3) is 5.31. The van der Waals surface area contributed by atoms with Crippen molar-refractivity contribution in [2.75, 3.05) is 0 Å². The Kier molecular flexibility index (Phi) is 6.13. The van der Waals surface area contributed by atoms with Gasteiger partial charge in [0.1, 0.15) is 0 Å². The summed E-state index contributed by atoms with van der Waals surface area (Å²) in [7, 11) is 0. The lowest BCUT2D eigenvalue weighted by atomic mass is 10.1. The highest BCUT2D eigenvalue weighted by Gasteiger charge is 2.09. The number of nitrogens with zero attached hydrogens (tertiary/aromatic N) is 1. The molecule has 0 aliphatic carbocycles. The Hall–Kier alpha value is -2.17. The maximum atomic E-state index is 11.7. The minimum Gasteiger partial charge on any atom is -0.388 e. The number of aliphatic hydroxyl groups excluding tert-OH is 1. The minimum atomic E-state index is -0.649. The molecular formula is C17H17ClN2O2. The van der Waals surface area contributed by atoms with Crippen molar-refractivity contribution in [2.45, 2.75) is 18.9 Å². The number of carbonyl (C=O) groups excluding carboxylic acids is 1. The minimum absolute atomic E-state index is 0.197. The van der Waals surface area contributed by atoms with Gasteiger partial charge in [-0.15, -0.1) is 0 Å². The number of aliphatic hydroxyl groups is 1. The standard InChI is InChI=1S/C17H17ClN2O2/c18-15-8-4-5-13(11-15)12-19-20-17(22)10-9-16(21)14-6-2-1-3-7-14/h1-8,11-12,16,21H,9-10H2,(H,20,22)/b19-12-/t16-/m0/s1. The van der Waals surface area contributed by atoms with Crippen LogP contribution in [0.2, 0.25) is 5.02 Å². The van der Waals surface area contributed by atoms with Crippen LogP contribution >= 0.6 is 11.6 Å². The van der Waals surface area contributed by atoms with Gasteiger partial charge < -0.3 is 5.11 Å². The van der Waals surface area contributed by atoms with Crippen molar-refractivity contribution in [3.63, 3.8) is 0 Å². The topological polar surface area (TPSA) is 61.7 Å². The van der Waals surface area contributed by atoms with Crippen molar-refractivity contribution in [2.24, 2.45) is 5.10 Å². The van der Waals surface area contributed by atoms with Gasteiger partial charge in [-0.25, -0.2) is 5.43 Å². The Bertz CT molecular complexity index is 644. The van der Waals surface area contributed by atoms with E-state index < -0.39 is 6.10 Å². The second-order valence-corrected chi connectivity index (χ2v) is 5.25. The van der Waals surface area contributed by atoms with Gasteiger partial charge in [-0.1, -0.05) is 54.1 Å². The molecule has 0 saturated carbocycles. The summed E-state index contributed by atoms with van der Waals surface area (Å²) in [6.45, 7) is 0. The fourth-order valence-corrected chi connectivity index (χ4v) is 2.13. The summed E-state index contributed by atoms with van der Waals surface area (Å²) in [6, 6.07) is 16.4. The zero-order valence-corrected chi connectivity index (χ0v) is 12.7. The van der Waals surface area contributed by atoms with Crippen LogP contribution < -0.4 is 5.43 Å². The monoisotopic (exact) mass is 316 g/mol. The van der Waals surface area contributed by atoms with E-state index in [0.29, 0.717) is 11.4 Å². The summed E-state index contributed by atoms with van der Waals surface area (Å²) in [5, 5.41) is 14.5. The van der Waals surface area contributed by atoms with Gasteiger partial charge in [0, 0.05) is 11.4 Å². The van der Waals surface area contributed by atoms with Crippen molar-refractivity contribution in [3.8, 4) is 0 Å². The Labute approximate surface area is 134 Å². The van der Waals surface area contributed by atoms with Gasteiger partial charge in [-0.2, -0.15) is 5.10 Å². The Morgan fingerprint density at radius 1 is 1.23 bits per heavy atom. The van der Waals surface area contributed by atoms with Crippen molar-refractivity contribution in [1.82, 2.24) is 5.43 Å². The molecule has 1 amide bonds. The number of hydrazone groups is 1. The maximum Gasteiger partial charge on any atom is 0.240 e. The van der Waals surface area contributed by atoms with Gasteiger partial charge in [-0.05, 0) is 29.7 Å². The maximum absolute atomic E-state index is 11.7. The third-order valence-corrected chi connectivity index (χ3v) is 3.32. The summed E-state index contributed by atoms with van der Waals surface area (Å²) >= 11 is 5.85. The van der Waals surface area contributed by atoms with Crippen LogP contribution in [0.4, 0.5) is 0 Å². The largest absolute Gasteiger partial charge is 0.388 e. The highest BCUT2D eigenvalue weighted by atomic mass is 35.5. The fourth-order valence-electron chi connectivity index (χ4n) is 1.93. The lowest BCUT2D eigenvalue weighted by Crippen LogP contribution is -2.18. The van der Waals surface area contributed by atoms with E-state index in [1.807, 2.05) is 42.5 Å². The first-order valence-corrected chi connectivity index (χ1v) is 7.33. The summed E-state index contributed by atoms with van der Waals surface area (Å²) in [5.74, 6) is -0.242. The van der Waals surface area contributed by atoms with Crippen LogP contribution in [-0.2, 0) is 4.79 Å². The van der Waals surface area contributed by atoms with Gasteiger partial charge in [0.2, 0.25) is 5.91 Å². The molecule has 2 N–H and O–H groups in total. The van der Waals surface area contributed by atoms with Gasteiger partial charge in [0.25, 0.3) is 0 Å². The normalized spacial score (nSPS) is 12.3. The van der Waals surface area contributed by atoms with E-state index >= 15 is 0 Å². The molecule has 1 atom stereocenters. The number of hydrogen-bond donors (Lipinski definition) is 2. The molecule has 0 aliphatic rings.